The molecule has 1 fully saturated rings. The molecule has 0 heterocycles. The van der Waals surface area contributed by atoms with Gasteiger partial charge in [-0.25, -0.2) is 0 Å². The van der Waals surface area contributed by atoms with Gasteiger partial charge in [-0.3, -0.25) is 9.69 Å². The molecule has 2 heteroatoms. The maximum absolute atomic E-state index is 11.6. The fourth-order valence-corrected chi connectivity index (χ4v) is 2.48. The Morgan fingerprint density at radius 3 is 2.47 bits per heavy atom. The van der Waals surface area contributed by atoms with E-state index in [9.17, 15) is 4.79 Å². The van der Waals surface area contributed by atoms with E-state index < -0.39 is 0 Å². The number of carbonyl (C=O) groups is 1. The summed E-state index contributed by atoms with van der Waals surface area (Å²) in [7, 11) is 2.09. The zero-order valence-electron chi connectivity index (χ0n) is 10.5. The Hall–Kier alpha value is -0.370. The van der Waals surface area contributed by atoms with Gasteiger partial charge >= 0.3 is 0 Å². The summed E-state index contributed by atoms with van der Waals surface area (Å²) < 4.78 is 0. The van der Waals surface area contributed by atoms with Crippen LogP contribution < -0.4 is 0 Å². The quantitative estimate of drug-likeness (QED) is 0.697. The van der Waals surface area contributed by atoms with E-state index in [0.717, 1.165) is 12.5 Å². The van der Waals surface area contributed by atoms with Crippen LogP contribution in [0.2, 0.25) is 0 Å². The van der Waals surface area contributed by atoms with Crippen LogP contribution in [-0.2, 0) is 4.79 Å². The number of hydrogen-bond donors (Lipinski definition) is 0. The van der Waals surface area contributed by atoms with E-state index in [2.05, 4.69) is 11.9 Å². The monoisotopic (exact) mass is 211 g/mol. The van der Waals surface area contributed by atoms with E-state index in [4.69, 9.17) is 0 Å². The summed E-state index contributed by atoms with van der Waals surface area (Å²) in [6.07, 6.45) is 7.55. The molecule has 0 aromatic heterocycles. The summed E-state index contributed by atoms with van der Waals surface area (Å²) in [5.41, 5.74) is 0. The molecule has 2 nitrogen and oxygen atoms in total. The molecule has 1 saturated carbocycles. The van der Waals surface area contributed by atoms with Crippen LogP contribution in [0.15, 0.2) is 0 Å². The number of Topliss-reactive ketones (excluding diaryl/α,β-unsaturated/α-hetero) is 1. The van der Waals surface area contributed by atoms with Crippen molar-refractivity contribution < 1.29 is 4.79 Å². The van der Waals surface area contributed by atoms with Gasteiger partial charge in [0, 0.05) is 13.0 Å². The van der Waals surface area contributed by atoms with E-state index in [-0.39, 0.29) is 6.04 Å². The van der Waals surface area contributed by atoms with Gasteiger partial charge < -0.3 is 0 Å². The van der Waals surface area contributed by atoms with Gasteiger partial charge in [0.25, 0.3) is 0 Å². The lowest BCUT2D eigenvalue weighted by Crippen LogP contribution is -2.39. The Morgan fingerprint density at radius 1 is 1.33 bits per heavy atom. The highest BCUT2D eigenvalue weighted by Gasteiger charge is 2.20. The molecule has 0 bridgehead atoms. The third kappa shape index (κ3) is 3.94. The molecule has 0 N–H and O–H groups in total. The van der Waals surface area contributed by atoms with Crippen molar-refractivity contribution in [2.45, 2.75) is 58.4 Å². The van der Waals surface area contributed by atoms with Crippen molar-refractivity contribution in [2.75, 3.05) is 13.6 Å². The molecular weight excluding hydrogens is 186 g/mol. The lowest BCUT2D eigenvalue weighted by molar-refractivity contribution is -0.123. The molecule has 1 aliphatic carbocycles. The highest BCUT2D eigenvalue weighted by atomic mass is 16.1. The minimum Gasteiger partial charge on any atom is -0.298 e. The van der Waals surface area contributed by atoms with Crippen LogP contribution in [0.4, 0.5) is 0 Å². The number of hydrogen-bond acceptors (Lipinski definition) is 2. The number of likely N-dealkylation sites (N-methyl/N-ethyl adjacent to an activating group) is 1. The summed E-state index contributed by atoms with van der Waals surface area (Å²) in [6, 6.07) is 0.108. The molecule has 0 aliphatic heterocycles. The van der Waals surface area contributed by atoms with Crippen LogP contribution in [0.5, 0.6) is 0 Å². The lowest BCUT2D eigenvalue weighted by atomic mass is 9.88. The minimum absolute atomic E-state index is 0.108. The topological polar surface area (TPSA) is 20.3 Å². The summed E-state index contributed by atoms with van der Waals surface area (Å²) in [6.45, 7) is 5.09. The predicted molar refractivity (Wildman–Crippen MR) is 64.0 cm³/mol. The standard InChI is InChI=1S/C13H25NO/c1-4-13(15)11(2)14(3)10-12-8-6-5-7-9-12/h11-12H,4-10H2,1-3H3. The fourth-order valence-electron chi connectivity index (χ4n) is 2.48. The lowest BCUT2D eigenvalue weighted by Gasteiger charge is -2.30. The molecule has 15 heavy (non-hydrogen) atoms. The SMILES string of the molecule is CCC(=O)C(C)N(C)CC1CCCCC1. The highest BCUT2D eigenvalue weighted by Crippen LogP contribution is 2.24. The fraction of sp³-hybridized carbons (Fsp3) is 0.923. The zero-order valence-corrected chi connectivity index (χ0v) is 10.5. The van der Waals surface area contributed by atoms with E-state index >= 15 is 0 Å². The number of carbonyl (C=O) groups excluding carboxylic acids is 1. The smallest absolute Gasteiger partial charge is 0.149 e. The van der Waals surface area contributed by atoms with E-state index in [0.29, 0.717) is 12.2 Å². The average molecular weight is 211 g/mol. The minimum atomic E-state index is 0.108. The van der Waals surface area contributed by atoms with Crippen molar-refractivity contribution in [2.24, 2.45) is 5.92 Å². The van der Waals surface area contributed by atoms with E-state index in [1.165, 1.54) is 32.1 Å². The average Bonchev–Trinajstić information content (AvgIpc) is 2.28. The van der Waals surface area contributed by atoms with Crippen molar-refractivity contribution >= 4 is 5.78 Å². The molecular formula is C13H25NO. The molecule has 1 aliphatic rings. The molecule has 1 unspecified atom stereocenters. The first-order valence-electron chi connectivity index (χ1n) is 6.38. The zero-order chi connectivity index (χ0) is 11.3. The molecule has 1 rings (SSSR count). The maximum atomic E-state index is 11.6. The van der Waals surface area contributed by atoms with Crippen molar-refractivity contribution in [1.82, 2.24) is 4.90 Å². The van der Waals surface area contributed by atoms with Crippen LogP contribution in [0.1, 0.15) is 52.4 Å². The van der Waals surface area contributed by atoms with Gasteiger partial charge in [-0.05, 0) is 32.7 Å². The largest absolute Gasteiger partial charge is 0.298 e. The van der Waals surface area contributed by atoms with Gasteiger partial charge in [-0.15, -0.1) is 0 Å². The Kier molecular flexibility index (Phi) is 5.30. The predicted octanol–water partition coefficient (Wildman–Crippen LogP) is 2.87. The van der Waals surface area contributed by atoms with Crippen LogP contribution in [0.3, 0.4) is 0 Å². The van der Waals surface area contributed by atoms with Crippen LogP contribution in [0.25, 0.3) is 0 Å². The van der Waals surface area contributed by atoms with Crippen molar-refractivity contribution in [3.05, 3.63) is 0 Å². The van der Waals surface area contributed by atoms with Gasteiger partial charge in [0.15, 0.2) is 0 Å². The molecule has 0 radical (unpaired) electrons. The summed E-state index contributed by atoms with van der Waals surface area (Å²) in [4.78, 5) is 13.8. The molecule has 0 saturated heterocycles. The van der Waals surface area contributed by atoms with Crippen LogP contribution in [0, 0.1) is 5.92 Å². The molecule has 0 aromatic carbocycles. The first-order chi connectivity index (χ1) is 7.15. The summed E-state index contributed by atoms with van der Waals surface area (Å²) in [5, 5.41) is 0. The molecule has 1 atom stereocenters. The highest BCUT2D eigenvalue weighted by molar-refractivity contribution is 5.83. The molecule has 0 aromatic rings. The third-order valence-electron chi connectivity index (χ3n) is 3.75. The van der Waals surface area contributed by atoms with Crippen LogP contribution >= 0.6 is 0 Å². The Labute approximate surface area is 94.0 Å². The number of ketones is 1. The summed E-state index contributed by atoms with van der Waals surface area (Å²) >= 11 is 0. The Balaban J connectivity index is 2.32. The normalized spacial score (nSPS) is 20.5. The van der Waals surface area contributed by atoms with Gasteiger partial charge in [0.1, 0.15) is 5.78 Å². The number of nitrogens with zero attached hydrogens (tertiary/aromatic N) is 1. The molecule has 0 amide bonds. The maximum Gasteiger partial charge on any atom is 0.149 e. The van der Waals surface area contributed by atoms with Gasteiger partial charge in [-0.2, -0.15) is 0 Å². The van der Waals surface area contributed by atoms with Gasteiger partial charge in [-0.1, -0.05) is 26.2 Å². The third-order valence-corrected chi connectivity index (χ3v) is 3.75. The Bertz CT molecular complexity index is 197. The second kappa shape index (κ2) is 6.26. The van der Waals surface area contributed by atoms with E-state index in [1.807, 2.05) is 13.8 Å². The van der Waals surface area contributed by atoms with Crippen molar-refractivity contribution in [1.29, 1.82) is 0 Å². The van der Waals surface area contributed by atoms with Gasteiger partial charge in [0.2, 0.25) is 0 Å². The first-order valence-corrected chi connectivity index (χ1v) is 6.38. The molecule has 88 valence electrons. The van der Waals surface area contributed by atoms with E-state index in [1.54, 1.807) is 0 Å². The Morgan fingerprint density at radius 2 is 1.93 bits per heavy atom. The summed E-state index contributed by atoms with van der Waals surface area (Å²) in [5.74, 6) is 1.20. The second-order valence-electron chi connectivity index (χ2n) is 4.94. The van der Waals surface area contributed by atoms with Crippen molar-refractivity contribution in [3.63, 3.8) is 0 Å². The van der Waals surface area contributed by atoms with Gasteiger partial charge in [0.05, 0.1) is 6.04 Å². The van der Waals surface area contributed by atoms with Crippen molar-refractivity contribution in [3.8, 4) is 0 Å². The first kappa shape index (κ1) is 12.7. The second-order valence-corrected chi connectivity index (χ2v) is 4.94. The van der Waals surface area contributed by atoms with Crippen LogP contribution in [-0.4, -0.2) is 30.3 Å². The molecule has 0 spiro atoms. The number of rotatable bonds is 5.